The number of nitro groups is 1. The van der Waals surface area contributed by atoms with Crippen LogP contribution in [-0.4, -0.2) is 28.9 Å². The van der Waals surface area contributed by atoms with Crippen LogP contribution in [0.15, 0.2) is 48.5 Å². The van der Waals surface area contributed by atoms with E-state index in [0.29, 0.717) is 5.75 Å². The summed E-state index contributed by atoms with van der Waals surface area (Å²) >= 11 is 0. The van der Waals surface area contributed by atoms with E-state index < -0.39 is 16.7 Å². The van der Waals surface area contributed by atoms with Gasteiger partial charge in [-0.2, -0.15) is 0 Å². The largest absolute Gasteiger partial charge is 0.497 e. The van der Waals surface area contributed by atoms with Crippen molar-refractivity contribution in [1.29, 1.82) is 0 Å². The van der Waals surface area contributed by atoms with E-state index in [1.54, 1.807) is 0 Å². The van der Waals surface area contributed by atoms with Crippen molar-refractivity contribution in [3.63, 3.8) is 0 Å². The number of ether oxygens (including phenoxy) is 1. The van der Waals surface area contributed by atoms with E-state index in [1.807, 2.05) is 0 Å². The second-order valence-corrected chi connectivity index (χ2v) is 4.77. The van der Waals surface area contributed by atoms with E-state index in [9.17, 15) is 19.7 Å². The molecule has 0 fully saturated rings. The Bertz CT molecular complexity index is 841. The van der Waals surface area contributed by atoms with Crippen molar-refractivity contribution in [2.24, 2.45) is 0 Å². The summed E-state index contributed by atoms with van der Waals surface area (Å²) in [7, 11) is 1.43. The predicted molar refractivity (Wildman–Crippen MR) is 86.4 cm³/mol. The monoisotopic (exact) mass is 327 g/mol. The number of carbonyl (C=O) groups is 2. The number of nitrogens with zero attached hydrogens (tertiary/aromatic N) is 1. The molecule has 2 rings (SSSR count). The zero-order chi connectivity index (χ0) is 17.7. The lowest BCUT2D eigenvalue weighted by Gasteiger charge is -2.02. The van der Waals surface area contributed by atoms with Crippen LogP contribution in [-0.2, 0) is 0 Å². The topological polar surface area (TPSA) is 107 Å². The zero-order valence-corrected chi connectivity index (χ0v) is 12.6. The summed E-state index contributed by atoms with van der Waals surface area (Å²) in [6.07, 6.45) is 2.46. The molecule has 0 spiro atoms. The minimum Gasteiger partial charge on any atom is -0.497 e. The molecule has 0 aliphatic heterocycles. The van der Waals surface area contributed by atoms with Gasteiger partial charge >= 0.3 is 5.97 Å². The lowest BCUT2D eigenvalue weighted by molar-refractivity contribution is -0.385. The second-order valence-electron chi connectivity index (χ2n) is 4.77. The van der Waals surface area contributed by atoms with Gasteiger partial charge in [0.1, 0.15) is 5.75 Å². The van der Waals surface area contributed by atoms with E-state index >= 15 is 0 Å². The van der Waals surface area contributed by atoms with Gasteiger partial charge in [-0.05, 0) is 36.4 Å². The second kappa shape index (κ2) is 7.19. The Kier molecular flexibility index (Phi) is 5.06. The Balaban J connectivity index is 2.33. The molecular weight excluding hydrogens is 314 g/mol. The van der Waals surface area contributed by atoms with E-state index in [4.69, 9.17) is 9.84 Å². The third kappa shape index (κ3) is 3.83. The fourth-order valence-electron chi connectivity index (χ4n) is 2.03. The molecule has 2 aromatic rings. The minimum absolute atomic E-state index is 0.0124. The van der Waals surface area contributed by atoms with Gasteiger partial charge in [0, 0.05) is 11.6 Å². The van der Waals surface area contributed by atoms with E-state index in [0.717, 1.165) is 6.08 Å². The van der Waals surface area contributed by atoms with Crippen molar-refractivity contribution in [2.45, 2.75) is 0 Å². The van der Waals surface area contributed by atoms with Gasteiger partial charge in [0.05, 0.1) is 23.2 Å². The first kappa shape index (κ1) is 16.9. The minimum atomic E-state index is -1.14. The predicted octanol–water partition coefficient (Wildman–Crippen LogP) is 3.20. The first-order valence-corrected chi connectivity index (χ1v) is 6.80. The van der Waals surface area contributed by atoms with Crippen molar-refractivity contribution in [1.82, 2.24) is 0 Å². The van der Waals surface area contributed by atoms with Crippen LogP contribution < -0.4 is 4.74 Å². The number of ketones is 1. The summed E-state index contributed by atoms with van der Waals surface area (Å²) in [5, 5.41) is 20.0. The molecule has 0 heterocycles. The molecule has 1 N–H and O–H groups in total. The average molecular weight is 327 g/mol. The summed E-state index contributed by atoms with van der Waals surface area (Å²) < 4.78 is 5.02. The Labute approximate surface area is 137 Å². The number of nitro benzene ring substituents is 1. The highest BCUT2D eigenvalue weighted by Gasteiger charge is 2.13. The summed E-state index contributed by atoms with van der Waals surface area (Å²) in [5.74, 6) is -1.19. The summed E-state index contributed by atoms with van der Waals surface area (Å²) in [6.45, 7) is 0. The highest BCUT2D eigenvalue weighted by molar-refractivity contribution is 6.08. The van der Waals surface area contributed by atoms with Gasteiger partial charge in [-0.15, -0.1) is 0 Å². The number of carbonyl (C=O) groups excluding carboxylic acids is 1. The molecule has 0 aromatic heterocycles. The maximum Gasteiger partial charge on any atom is 0.335 e. The van der Waals surface area contributed by atoms with Crippen LogP contribution in [0.1, 0.15) is 26.3 Å². The van der Waals surface area contributed by atoms with Crippen LogP contribution in [0.3, 0.4) is 0 Å². The normalized spacial score (nSPS) is 10.5. The van der Waals surface area contributed by atoms with Crippen molar-refractivity contribution >= 4 is 23.5 Å². The maximum absolute atomic E-state index is 12.1. The van der Waals surface area contributed by atoms with Gasteiger partial charge in [-0.1, -0.05) is 12.1 Å². The van der Waals surface area contributed by atoms with Crippen LogP contribution in [0.2, 0.25) is 0 Å². The first-order chi connectivity index (χ1) is 11.4. The van der Waals surface area contributed by atoms with Gasteiger partial charge in [0.25, 0.3) is 5.69 Å². The lowest BCUT2D eigenvalue weighted by Crippen LogP contribution is -2.00. The number of allylic oxidation sites excluding steroid dienone is 1. The van der Waals surface area contributed by atoms with Gasteiger partial charge in [0.2, 0.25) is 0 Å². The molecule has 0 radical (unpaired) electrons. The van der Waals surface area contributed by atoms with Gasteiger partial charge in [-0.25, -0.2) is 4.79 Å². The van der Waals surface area contributed by atoms with Crippen LogP contribution in [0, 0.1) is 10.1 Å². The molecule has 24 heavy (non-hydrogen) atoms. The Morgan fingerprint density at radius 2 is 1.88 bits per heavy atom. The smallest absolute Gasteiger partial charge is 0.335 e. The Morgan fingerprint density at radius 1 is 1.17 bits per heavy atom. The molecule has 0 saturated carbocycles. The molecule has 0 unspecified atom stereocenters. The van der Waals surface area contributed by atoms with Crippen molar-refractivity contribution in [2.75, 3.05) is 7.11 Å². The molecule has 0 atom stereocenters. The van der Waals surface area contributed by atoms with Crippen molar-refractivity contribution in [3.8, 4) is 5.75 Å². The average Bonchev–Trinajstić information content (AvgIpc) is 2.59. The number of methoxy groups -OCH3 is 1. The number of benzene rings is 2. The molecule has 2 aromatic carbocycles. The number of hydrogen-bond donors (Lipinski definition) is 1. The number of hydrogen-bond acceptors (Lipinski definition) is 5. The molecule has 0 aliphatic carbocycles. The zero-order valence-electron chi connectivity index (χ0n) is 12.6. The third-order valence-electron chi connectivity index (χ3n) is 3.24. The number of aromatic carboxylic acids is 1. The summed E-state index contributed by atoms with van der Waals surface area (Å²) in [6, 6.07) is 9.72. The van der Waals surface area contributed by atoms with E-state index in [2.05, 4.69) is 0 Å². The fourth-order valence-corrected chi connectivity index (χ4v) is 2.03. The molecule has 0 saturated heterocycles. The van der Waals surface area contributed by atoms with Crippen LogP contribution >= 0.6 is 0 Å². The quantitative estimate of drug-likeness (QED) is 0.378. The highest BCUT2D eigenvalue weighted by atomic mass is 16.6. The van der Waals surface area contributed by atoms with E-state index in [1.165, 1.54) is 55.7 Å². The number of rotatable bonds is 6. The summed E-state index contributed by atoms with van der Waals surface area (Å²) in [5.41, 5.74) is 0.208. The van der Waals surface area contributed by atoms with Gasteiger partial charge < -0.3 is 9.84 Å². The van der Waals surface area contributed by atoms with Crippen molar-refractivity contribution < 1.29 is 24.4 Å². The van der Waals surface area contributed by atoms with Gasteiger partial charge in [0.15, 0.2) is 5.78 Å². The molecule has 7 nitrogen and oxygen atoms in total. The Morgan fingerprint density at radius 3 is 2.50 bits per heavy atom. The molecule has 0 bridgehead atoms. The molecule has 0 aliphatic rings. The Hall–Kier alpha value is -3.48. The third-order valence-corrected chi connectivity index (χ3v) is 3.24. The fraction of sp³-hybridized carbons (Fsp3) is 0.0588. The molecule has 0 amide bonds. The molecule has 7 heteroatoms. The van der Waals surface area contributed by atoms with Crippen molar-refractivity contribution in [3.05, 3.63) is 75.3 Å². The van der Waals surface area contributed by atoms with E-state index in [-0.39, 0.29) is 22.4 Å². The maximum atomic E-state index is 12.1. The van der Waals surface area contributed by atoms with Crippen LogP contribution in [0.5, 0.6) is 5.75 Å². The van der Waals surface area contributed by atoms with Crippen LogP contribution in [0.4, 0.5) is 5.69 Å². The first-order valence-electron chi connectivity index (χ1n) is 6.80. The van der Waals surface area contributed by atoms with Crippen LogP contribution in [0.25, 0.3) is 6.08 Å². The molecular formula is C17H13NO6. The summed E-state index contributed by atoms with van der Waals surface area (Å²) in [4.78, 5) is 33.6. The standard InChI is InChI=1S/C17H13NO6/c1-24-14-6-7-15(18(22)23)11(10-14)5-8-16(19)12-3-2-4-13(9-12)17(20)21/h2-10H,1H3,(H,20,21). The number of carboxylic acids is 1. The SMILES string of the molecule is COc1ccc([N+](=O)[O-])c(C=CC(=O)c2cccc(C(=O)O)c2)c1. The lowest BCUT2D eigenvalue weighted by atomic mass is 10.1. The highest BCUT2D eigenvalue weighted by Crippen LogP contribution is 2.25. The van der Waals surface area contributed by atoms with Gasteiger partial charge in [-0.3, -0.25) is 14.9 Å². The molecule has 122 valence electrons. The number of carboxylic acid groups (broad SMARTS) is 1.